The highest BCUT2D eigenvalue weighted by Gasteiger charge is 2.04. The van der Waals surface area contributed by atoms with E-state index in [2.05, 4.69) is 69.5 Å². The normalized spacial score (nSPS) is 11.0. The summed E-state index contributed by atoms with van der Waals surface area (Å²) in [6, 6.07) is 29.1. The number of pyridine rings is 1. The average molecular weight is 347 g/mol. The SMILES string of the molecule is c1ccc2[nH]cnc2c1.c1ccc2c(c1)ccc1cnc3ccccc3c12. The van der Waals surface area contributed by atoms with E-state index < -0.39 is 0 Å². The van der Waals surface area contributed by atoms with Crippen molar-refractivity contribution in [3.8, 4) is 0 Å². The first-order chi connectivity index (χ1) is 13.4. The summed E-state index contributed by atoms with van der Waals surface area (Å²) < 4.78 is 0. The van der Waals surface area contributed by atoms with E-state index in [1.807, 2.05) is 36.5 Å². The molecule has 128 valence electrons. The van der Waals surface area contributed by atoms with Crippen LogP contribution in [0.4, 0.5) is 0 Å². The van der Waals surface area contributed by atoms with E-state index in [0.717, 1.165) is 16.6 Å². The lowest BCUT2D eigenvalue weighted by molar-refractivity contribution is 1.34. The van der Waals surface area contributed by atoms with Crippen molar-refractivity contribution in [1.82, 2.24) is 15.0 Å². The fourth-order valence-corrected chi connectivity index (χ4v) is 3.51. The van der Waals surface area contributed by atoms with E-state index in [1.54, 1.807) is 6.33 Å². The van der Waals surface area contributed by atoms with Crippen LogP contribution in [0.3, 0.4) is 0 Å². The Hall–Kier alpha value is -3.72. The Bertz CT molecular complexity index is 1280. The fraction of sp³-hybridized carbons (Fsp3) is 0. The van der Waals surface area contributed by atoms with Gasteiger partial charge in [-0.05, 0) is 29.0 Å². The Kier molecular flexibility index (Phi) is 3.76. The van der Waals surface area contributed by atoms with Crippen LogP contribution in [0.25, 0.3) is 43.5 Å². The Labute approximate surface area is 156 Å². The predicted octanol–water partition coefficient (Wildman–Crippen LogP) is 6.10. The average Bonchev–Trinajstić information content (AvgIpc) is 3.22. The highest BCUT2D eigenvalue weighted by atomic mass is 14.9. The number of imidazole rings is 1. The van der Waals surface area contributed by atoms with Crippen LogP contribution in [0.5, 0.6) is 0 Å². The van der Waals surface area contributed by atoms with E-state index in [4.69, 9.17) is 0 Å². The van der Waals surface area contributed by atoms with Crippen LogP contribution in [0.15, 0.2) is 97.5 Å². The Morgan fingerprint density at radius 1 is 0.556 bits per heavy atom. The molecule has 2 heterocycles. The van der Waals surface area contributed by atoms with Crippen LogP contribution < -0.4 is 0 Å². The van der Waals surface area contributed by atoms with Gasteiger partial charge >= 0.3 is 0 Å². The van der Waals surface area contributed by atoms with E-state index in [0.29, 0.717) is 0 Å². The van der Waals surface area contributed by atoms with Gasteiger partial charge < -0.3 is 4.98 Å². The molecule has 0 saturated heterocycles. The number of hydrogen-bond donors (Lipinski definition) is 1. The molecule has 0 spiro atoms. The van der Waals surface area contributed by atoms with Crippen molar-refractivity contribution in [3.63, 3.8) is 0 Å². The molecular weight excluding hydrogens is 330 g/mol. The predicted molar refractivity (Wildman–Crippen MR) is 113 cm³/mol. The minimum Gasteiger partial charge on any atom is -0.345 e. The third-order valence-corrected chi connectivity index (χ3v) is 4.81. The monoisotopic (exact) mass is 347 g/mol. The zero-order valence-electron chi connectivity index (χ0n) is 14.6. The first-order valence-corrected chi connectivity index (χ1v) is 8.93. The van der Waals surface area contributed by atoms with Gasteiger partial charge in [-0.1, -0.05) is 66.7 Å². The zero-order valence-corrected chi connectivity index (χ0v) is 14.6. The van der Waals surface area contributed by atoms with Crippen molar-refractivity contribution in [1.29, 1.82) is 0 Å². The molecule has 3 heteroatoms. The molecule has 0 fully saturated rings. The number of para-hydroxylation sites is 3. The molecule has 0 aliphatic carbocycles. The smallest absolute Gasteiger partial charge is 0.0931 e. The van der Waals surface area contributed by atoms with Crippen LogP contribution in [0.2, 0.25) is 0 Å². The van der Waals surface area contributed by atoms with Crippen molar-refractivity contribution in [2.45, 2.75) is 0 Å². The van der Waals surface area contributed by atoms with Gasteiger partial charge in [0.25, 0.3) is 0 Å². The van der Waals surface area contributed by atoms with Gasteiger partial charge in [0.05, 0.1) is 22.9 Å². The molecule has 27 heavy (non-hydrogen) atoms. The van der Waals surface area contributed by atoms with Crippen molar-refractivity contribution < 1.29 is 0 Å². The molecule has 0 saturated carbocycles. The number of rotatable bonds is 0. The largest absolute Gasteiger partial charge is 0.345 e. The third kappa shape index (κ3) is 2.79. The molecule has 2 aromatic heterocycles. The fourth-order valence-electron chi connectivity index (χ4n) is 3.51. The molecule has 0 unspecified atom stereocenters. The van der Waals surface area contributed by atoms with Gasteiger partial charge in [-0.25, -0.2) is 4.98 Å². The maximum atomic E-state index is 4.52. The Morgan fingerprint density at radius 3 is 2.15 bits per heavy atom. The summed E-state index contributed by atoms with van der Waals surface area (Å²) in [5.74, 6) is 0. The summed E-state index contributed by atoms with van der Waals surface area (Å²) in [4.78, 5) is 11.6. The van der Waals surface area contributed by atoms with Crippen LogP contribution in [0, 0.1) is 0 Å². The number of aromatic amines is 1. The van der Waals surface area contributed by atoms with Gasteiger partial charge in [0, 0.05) is 22.4 Å². The molecule has 0 bridgehead atoms. The first-order valence-electron chi connectivity index (χ1n) is 8.93. The maximum Gasteiger partial charge on any atom is 0.0931 e. The lowest BCUT2D eigenvalue weighted by Crippen LogP contribution is -1.83. The van der Waals surface area contributed by atoms with E-state index in [1.165, 1.54) is 26.9 Å². The third-order valence-electron chi connectivity index (χ3n) is 4.81. The van der Waals surface area contributed by atoms with Crippen LogP contribution in [-0.2, 0) is 0 Å². The van der Waals surface area contributed by atoms with Gasteiger partial charge in [-0.2, -0.15) is 0 Å². The first kappa shape index (κ1) is 15.5. The van der Waals surface area contributed by atoms with Crippen molar-refractivity contribution in [2.24, 2.45) is 0 Å². The molecular formula is C24H17N3. The molecule has 3 nitrogen and oxygen atoms in total. The van der Waals surface area contributed by atoms with Gasteiger partial charge in [-0.15, -0.1) is 0 Å². The molecule has 6 aromatic rings. The molecule has 6 rings (SSSR count). The minimum absolute atomic E-state index is 1.03. The molecule has 0 atom stereocenters. The summed E-state index contributed by atoms with van der Waals surface area (Å²) >= 11 is 0. The van der Waals surface area contributed by atoms with E-state index in [-0.39, 0.29) is 0 Å². The Morgan fingerprint density at radius 2 is 1.26 bits per heavy atom. The quantitative estimate of drug-likeness (QED) is 0.337. The number of H-pyrrole nitrogens is 1. The second kappa shape index (κ2) is 6.54. The summed E-state index contributed by atoms with van der Waals surface area (Å²) in [7, 11) is 0. The minimum atomic E-state index is 1.03. The van der Waals surface area contributed by atoms with Crippen LogP contribution >= 0.6 is 0 Å². The molecule has 0 aliphatic rings. The standard InChI is InChI=1S/C17H11N.C7H6N2/c1-2-6-14-12(5-1)9-10-13-11-18-16-8-4-3-7-15(16)17(13)14;1-2-4-7-6(3-1)8-5-9-7/h1-11H;1-5H,(H,8,9). The van der Waals surface area contributed by atoms with Gasteiger partial charge in [-0.3, -0.25) is 4.98 Å². The van der Waals surface area contributed by atoms with Crippen LogP contribution in [-0.4, -0.2) is 15.0 Å². The maximum absolute atomic E-state index is 4.52. The number of nitrogens with zero attached hydrogens (tertiary/aromatic N) is 2. The highest BCUT2D eigenvalue weighted by Crippen LogP contribution is 2.30. The van der Waals surface area contributed by atoms with Crippen LogP contribution in [0.1, 0.15) is 0 Å². The zero-order chi connectivity index (χ0) is 18.1. The number of nitrogens with one attached hydrogen (secondary N) is 1. The summed E-state index contributed by atoms with van der Waals surface area (Å²) in [5, 5.41) is 6.31. The number of hydrogen-bond acceptors (Lipinski definition) is 2. The van der Waals surface area contributed by atoms with Gasteiger partial charge in [0.2, 0.25) is 0 Å². The molecule has 1 N–H and O–H groups in total. The van der Waals surface area contributed by atoms with E-state index in [9.17, 15) is 0 Å². The molecule has 4 aromatic carbocycles. The summed E-state index contributed by atoms with van der Waals surface area (Å²) in [6.45, 7) is 0. The number of benzene rings is 4. The van der Waals surface area contributed by atoms with Crippen molar-refractivity contribution in [2.75, 3.05) is 0 Å². The molecule has 0 amide bonds. The lowest BCUT2D eigenvalue weighted by Gasteiger charge is -2.06. The summed E-state index contributed by atoms with van der Waals surface area (Å²) in [5.41, 5.74) is 3.18. The Balaban J connectivity index is 0.000000149. The van der Waals surface area contributed by atoms with Gasteiger partial charge in [0.15, 0.2) is 0 Å². The van der Waals surface area contributed by atoms with Gasteiger partial charge in [0.1, 0.15) is 0 Å². The van der Waals surface area contributed by atoms with Crippen molar-refractivity contribution in [3.05, 3.63) is 97.5 Å². The summed E-state index contributed by atoms with van der Waals surface area (Å²) in [6.07, 6.45) is 3.66. The molecule has 0 radical (unpaired) electrons. The number of aromatic nitrogens is 3. The lowest BCUT2D eigenvalue weighted by atomic mass is 10.00. The molecule has 0 aliphatic heterocycles. The highest BCUT2D eigenvalue weighted by molar-refractivity contribution is 6.18. The van der Waals surface area contributed by atoms with E-state index >= 15 is 0 Å². The topological polar surface area (TPSA) is 41.6 Å². The van der Waals surface area contributed by atoms with Crippen molar-refractivity contribution >= 4 is 43.5 Å². The second-order valence-electron chi connectivity index (χ2n) is 6.45. The number of fused-ring (bicyclic) bond motifs is 6. The second-order valence-corrected chi connectivity index (χ2v) is 6.45.